The van der Waals surface area contributed by atoms with Crippen molar-refractivity contribution in [3.05, 3.63) is 59.7 Å². The average Bonchev–Trinajstić information content (AvgIpc) is 3.63. The molecule has 2 fully saturated rings. The van der Waals surface area contributed by atoms with Crippen LogP contribution in [0, 0.1) is 24.5 Å². The molecule has 1 unspecified atom stereocenters. The monoisotopic (exact) mass is 576 g/mol. The Kier molecular flexibility index (Phi) is 8.15. The number of aryl methyl sites for hydroxylation is 1. The van der Waals surface area contributed by atoms with Crippen molar-refractivity contribution in [3.8, 4) is 11.3 Å². The number of hydrogen-bond donors (Lipinski definition) is 1. The van der Waals surface area contributed by atoms with Crippen LogP contribution in [0.5, 0.6) is 0 Å². The maximum Gasteiger partial charge on any atom is 0.229 e. The fourth-order valence-electron chi connectivity index (χ4n) is 6.40. The van der Waals surface area contributed by atoms with Crippen molar-refractivity contribution >= 4 is 22.8 Å². The Labute approximate surface area is 245 Å². The molecule has 4 aromatic rings. The number of benzene rings is 1. The molecule has 2 saturated heterocycles. The Morgan fingerprint density at radius 1 is 1.02 bits per heavy atom. The van der Waals surface area contributed by atoms with Crippen molar-refractivity contribution in [2.24, 2.45) is 5.92 Å². The highest BCUT2D eigenvalue weighted by Crippen LogP contribution is 2.35. The Morgan fingerprint density at radius 3 is 2.50 bits per heavy atom. The molecule has 1 N–H and O–H groups in total. The second-order valence-corrected chi connectivity index (χ2v) is 11.5. The molecule has 0 saturated carbocycles. The molecule has 5 heterocycles. The molecule has 6 rings (SSSR count). The molecule has 2 aliphatic rings. The summed E-state index contributed by atoms with van der Waals surface area (Å²) in [4.78, 5) is 22.6. The van der Waals surface area contributed by atoms with E-state index < -0.39 is 11.6 Å². The first kappa shape index (κ1) is 28.6. The van der Waals surface area contributed by atoms with E-state index in [2.05, 4.69) is 48.0 Å². The van der Waals surface area contributed by atoms with Gasteiger partial charge in [0.2, 0.25) is 5.95 Å². The molecule has 0 radical (unpaired) electrons. The van der Waals surface area contributed by atoms with E-state index in [0.717, 1.165) is 64.1 Å². The average molecular weight is 577 g/mol. The van der Waals surface area contributed by atoms with E-state index in [1.165, 1.54) is 6.07 Å². The molecule has 42 heavy (non-hydrogen) atoms. The van der Waals surface area contributed by atoms with Crippen LogP contribution in [0.3, 0.4) is 0 Å². The van der Waals surface area contributed by atoms with Gasteiger partial charge >= 0.3 is 0 Å². The Balaban J connectivity index is 1.25. The van der Waals surface area contributed by atoms with Gasteiger partial charge in [-0.1, -0.05) is 13.0 Å². The van der Waals surface area contributed by atoms with Crippen molar-refractivity contribution in [2.75, 3.05) is 51.3 Å². The summed E-state index contributed by atoms with van der Waals surface area (Å²) in [6.45, 7) is 14.8. The lowest BCUT2D eigenvalue weighted by Crippen LogP contribution is -2.49. The first-order valence-electron chi connectivity index (χ1n) is 14.8. The summed E-state index contributed by atoms with van der Waals surface area (Å²) in [5.41, 5.74) is 2.34. The van der Waals surface area contributed by atoms with E-state index in [-0.39, 0.29) is 29.2 Å². The number of nitrogens with zero attached hydrogens (tertiary/aromatic N) is 7. The number of anilines is 2. The van der Waals surface area contributed by atoms with Crippen molar-refractivity contribution in [1.82, 2.24) is 34.3 Å². The van der Waals surface area contributed by atoms with Gasteiger partial charge < -0.3 is 19.5 Å². The minimum atomic E-state index is -0.639. The lowest BCUT2D eigenvalue weighted by molar-refractivity contribution is 0.0647. The maximum atomic E-state index is 15.1. The van der Waals surface area contributed by atoms with Crippen LogP contribution in [0.15, 0.2) is 36.7 Å². The normalized spacial score (nSPS) is 19.2. The third-order valence-corrected chi connectivity index (χ3v) is 8.49. The maximum absolute atomic E-state index is 15.1. The van der Waals surface area contributed by atoms with Crippen LogP contribution in [-0.4, -0.2) is 80.2 Å². The Bertz CT molecular complexity index is 1540. The molecule has 11 heteroatoms. The molecule has 1 aromatic carbocycles. The van der Waals surface area contributed by atoms with Crippen molar-refractivity contribution in [2.45, 2.75) is 46.2 Å². The van der Waals surface area contributed by atoms with Crippen LogP contribution in [0.2, 0.25) is 0 Å². The summed E-state index contributed by atoms with van der Waals surface area (Å²) in [7, 11) is 0. The number of ether oxygens (including phenoxy) is 1. The van der Waals surface area contributed by atoms with Crippen molar-refractivity contribution in [1.29, 1.82) is 0 Å². The number of rotatable bonds is 8. The fourth-order valence-corrected chi connectivity index (χ4v) is 6.40. The molecule has 2 aliphatic heterocycles. The predicted molar refractivity (Wildman–Crippen MR) is 159 cm³/mol. The summed E-state index contributed by atoms with van der Waals surface area (Å²) in [5, 5.41) is 3.10. The highest BCUT2D eigenvalue weighted by Gasteiger charge is 2.33. The summed E-state index contributed by atoms with van der Waals surface area (Å²) in [6, 6.07) is 7.31. The number of fused-ring (bicyclic) bond motifs is 1. The summed E-state index contributed by atoms with van der Waals surface area (Å²) in [5.74, 6) is 0.686. The third kappa shape index (κ3) is 5.60. The third-order valence-electron chi connectivity index (χ3n) is 8.49. The van der Waals surface area contributed by atoms with E-state index >= 15 is 4.39 Å². The zero-order valence-corrected chi connectivity index (χ0v) is 24.6. The molecule has 0 aliphatic carbocycles. The highest BCUT2D eigenvalue weighted by atomic mass is 19.1. The topological polar surface area (TPSA) is 84.2 Å². The van der Waals surface area contributed by atoms with Crippen LogP contribution in [0.25, 0.3) is 22.3 Å². The predicted octanol–water partition coefficient (Wildman–Crippen LogP) is 5.51. The van der Waals surface area contributed by atoms with Gasteiger partial charge in [-0.05, 0) is 57.5 Å². The van der Waals surface area contributed by atoms with E-state index in [9.17, 15) is 4.39 Å². The minimum Gasteiger partial charge on any atom is -0.381 e. The molecule has 3 aromatic heterocycles. The first-order valence-corrected chi connectivity index (χ1v) is 14.8. The van der Waals surface area contributed by atoms with Crippen LogP contribution in [0.4, 0.5) is 20.5 Å². The van der Waals surface area contributed by atoms with Gasteiger partial charge in [0.05, 0.1) is 18.3 Å². The van der Waals surface area contributed by atoms with E-state index in [1.54, 1.807) is 6.07 Å². The van der Waals surface area contributed by atoms with E-state index in [0.29, 0.717) is 28.6 Å². The smallest absolute Gasteiger partial charge is 0.229 e. The van der Waals surface area contributed by atoms with Gasteiger partial charge in [-0.2, -0.15) is 0 Å². The molecule has 222 valence electrons. The van der Waals surface area contributed by atoms with Crippen LogP contribution >= 0.6 is 0 Å². The van der Waals surface area contributed by atoms with Crippen molar-refractivity contribution in [3.63, 3.8) is 0 Å². The van der Waals surface area contributed by atoms with Crippen LogP contribution < -0.4 is 5.32 Å². The van der Waals surface area contributed by atoms with Gasteiger partial charge in [-0.15, -0.1) is 0 Å². The number of likely N-dealkylation sites (N-methyl/N-ethyl adjacent to an activating group) is 1. The summed E-state index contributed by atoms with van der Waals surface area (Å²) in [6.07, 6.45) is 4.04. The molecular weight excluding hydrogens is 538 g/mol. The minimum absolute atomic E-state index is 0.00611. The number of pyridine rings is 1. The lowest BCUT2D eigenvalue weighted by Gasteiger charge is -2.41. The van der Waals surface area contributed by atoms with Gasteiger partial charge in [-0.25, -0.2) is 28.7 Å². The number of aromatic nitrogens is 5. The van der Waals surface area contributed by atoms with Crippen LogP contribution in [-0.2, 0) is 4.74 Å². The molecule has 9 nitrogen and oxygen atoms in total. The Morgan fingerprint density at radius 2 is 1.83 bits per heavy atom. The molecule has 0 amide bonds. The molecule has 0 spiro atoms. The SMILES string of the molecule is CCN1CCN([C@H](c2ccc(Nc3ncc(F)c(-c4cc(F)c5nc(C)n(C(C)C)c5c4)n3)nc2)C2CCOC2)CC1. The van der Waals surface area contributed by atoms with Gasteiger partial charge in [0.1, 0.15) is 22.9 Å². The number of nitrogens with one attached hydrogen (secondary N) is 1. The fraction of sp³-hybridized carbons (Fsp3) is 0.484. The van der Waals surface area contributed by atoms with E-state index in [4.69, 9.17) is 4.74 Å². The van der Waals surface area contributed by atoms with Crippen LogP contribution in [0.1, 0.15) is 50.7 Å². The second-order valence-electron chi connectivity index (χ2n) is 11.5. The number of imidazole rings is 1. The number of hydrogen-bond acceptors (Lipinski definition) is 8. The highest BCUT2D eigenvalue weighted by molar-refractivity contribution is 5.83. The molecular formula is C31H38F2N8O. The number of piperazine rings is 1. The standard InChI is InChI=1S/C31H38F2N8O/c1-5-39-9-11-40(12-10-39)30(22-8-13-42-18-22)21-6-7-27(34-16-21)37-31-35-17-25(33)28(38-31)23-14-24(32)29-26(15-23)41(19(2)3)20(4)36-29/h6-7,14-17,19,22,30H,5,8-13,18H2,1-4H3,(H,34,35,37,38)/t22?,30-/m1/s1. The zero-order chi connectivity index (χ0) is 29.4. The Hall–Kier alpha value is -3.54. The lowest BCUT2D eigenvalue weighted by atomic mass is 9.91. The second kappa shape index (κ2) is 12.0. The molecule has 0 bridgehead atoms. The quantitative estimate of drug-likeness (QED) is 0.294. The zero-order valence-electron chi connectivity index (χ0n) is 24.6. The summed E-state index contributed by atoms with van der Waals surface area (Å²) >= 11 is 0. The first-order chi connectivity index (χ1) is 20.3. The summed E-state index contributed by atoms with van der Waals surface area (Å²) < 4.78 is 37.7. The van der Waals surface area contributed by atoms with Gasteiger partial charge in [0.15, 0.2) is 11.6 Å². The molecule has 2 atom stereocenters. The van der Waals surface area contributed by atoms with Gasteiger partial charge in [0.25, 0.3) is 0 Å². The van der Waals surface area contributed by atoms with Gasteiger partial charge in [-0.3, -0.25) is 4.90 Å². The van der Waals surface area contributed by atoms with Gasteiger partial charge in [0, 0.05) is 62.5 Å². The van der Waals surface area contributed by atoms with Crippen molar-refractivity contribution < 1.29 is 13.5 Å². The largest absolute Gasteiger partial charge is 0.381 e. The number of halogens is 2. The van der Waals surface area contributed by atoms with E-state index in [1.807, 2.05) is 37.6 Å².